The number of benzene rings is 1. The van der Waals surface area contributed by atoms with Crippen LogP contribution in [0.3, 0.4) is 0 Å². The molecule has 0 aromatic heterocycles. The zero-order valence-corrected chi connectivity index (χ0v) is 13.7. The number of hydrogen-bond acceptors (Lipinski definition) is 6. The Morgan fingerprint density at radius 3 is 2.29 bits per heavy atom. The molecule has 0 spiro atoms. The molecule has 0 amide bonds. The van der Waals surface area contributed by atoms with Crippen molar-refractivity contribution in [1.82, 2.24) is 0 Å². The molecule has 0 fully saturated rings. The minimum Gasteiger partial charge on any atom is -0.743 e. The van der Waals surface area contributed by atoms with E-state index in [-0.39, 0.29) is 5.75 Å². The van der Waals surface area contributed by atoms with E-state index < -0.39 is 34.3 Å². The van der Waals surface area contributed by atoms with Crippen molar-refractivity contribution >= 4 is 16.1 Å². The molecule has 1 aromatic rings. The number of esters is 1. The fourth-order valence-corrected chi connectivity index (χ4v) is 1.91. The van der Waals surface area contributed by atoms with E-state index in [0.29, 0.717) is 5.92 Å². The maximum atomic E-state index is 13.0. The predicted octanol–water partition coefficient (Wildman–Crippen LogP) is 2.56. The van der Waals surface area contributed by atoms with Gasteiger partial charge in [-0.15, -0.1) is 0 Å². The standard InChI is InChI=1S/C14H17F3O6S/c1-3-9(2)10-4-6-11(7-5-10)23-12(18)8-22-13(15)14(16,17)24(19,20)21/h4-7,9,13H,3,8H2,1-2H3,(H,19,20,21)/p-1. The van der Waals surface area contributed by atoms with Gasteiger partial charge in [-0.25, -0.2) is 17.6 Å². The van der Waals surface area contributed by atoms with E-state index in [2.05, 4.69) is 4.74 Å². The number of carbonyl (C=O) groups excluding carboxylic acids is 1. The summed E-state index contributed by atoms with van der Waals surface area (Å²) in [7, 11) is -6.26. The lowest BCUT2D eigenvalue weighted by atomic mass is 9.99. The molecular weight excluding hydrogens is 353 g/mol. The van der Waals surface area contributed by atoms with Crippen LogP contribution in [0.5, 0.6) is 5.75 Å². The fourth-order valence-electron chi connectivity index (χ4n) is 1.61. The Balaban J connectivity index is 2.58. The lowest BCUT2D eigenvalue weighted by Gasteiger charge is -2.22. The van der Waals surface area contributed by atoms with Gasteiger partial charge < -0.3 is 14.0 Å². The second-order valence-electron chi connectivity index (χ2n) is 5.00. The molecule has 0 aliphatic heterocycles. The van der Waals surface area contributed by atoms with Crippen molar-refractivity contribution in [2.45, 2.75) is 37.8 Å². The van der Waals surface area contributed by atoms with Crippen molar-refractivity contribution < 1.29 is 40.4 Å². The van der Waals surface area contributed by atoms with Gasteiger partial charge in [-0.05, 0) is 30.0 Å². The summed E-state index contributed by atoms with van der Waals surface area (Å²) in [5, 5.41) is -5.30. The van der Waals surface area contributed by atoms with Crippen LogP contribution in [0.25, 0.3) is 0 Å². The van der Waals surface area contributed by atoms with E-state index in [9.17, 15) is 30.9 Å². The molecule has 0 radical (unpaired) electrons. The van der Waals surface area contributed by atoms with Crippen molar-refractivity contribution in [2.75, 3.05) is 6.61 Å². The fraction of sp³-hybridized carbons (Fsp3) is 0.500. The molecule has 0 N–H and O–H groups in total. The van der Waals surface area contributed by atoms with Gasteiger partial charge in [-0.1, -0.05) is 26.0 Å². The molecule has 136 valence electrons. The average molecular weight is 369 g/mol. The van der Waals surface area contributed by atoms with Crippen LogP contribution >= 0.6 is 0 Å². The van der Waals surface area contributed by atoms with Gasteiger partial charge in [0.1, 0.15) is 12.4 Å². The molecule has 10 heteroatoms. The SMILES string of the molecule is CCC(C)c1ccc(OC(=O)COC(F)C(F)(F)S(=O)(=O)[O-])cc1. The minimum absolute atomic E-state index is 0.0780. The van der Waals surface area contributed by atoms with Gasteiger partial charge in [0.25, 0.3) is 6.36 Å². The van der Waals surface area contributed by atoms with Gasteiger partial charge in [0.2, 0.25) is 0 Å². The summed E-state index contributed by atoms with van der Waals surface area (Å²) in [6, 6.07) is 6.33. The molecule has 24 heavy (non-hydrogen) atoms. The summed E-state index contributed by atoms with van der Waals surface area (Å²) in [4.78, 5) is 11.4. The highest BCUT2D eigenvalue weighted by atomic mass is 32.2. The zero-order valence-electron chi connectivity index (χ0n) is 12.9. The van der Waals surface area contributed by atoms with Crippen molar-refractivity contribution in [3.63, 3.8) is 0 Å². The number of rotatable bonds is 8. The van der Waals surface area contributed by atoms with E-state index in [1.807, 2.05) is 13.8 Å². The summed E-state index contributed by atoms with van der Waals surface area (Å²) >= 11 is 0. The molecule has 0 bridgehead atoms. The molecule has 0 aliphatic rings. The molecule has 0 heterocycles. The van der Waals surface area contributed by atoms with E-state index >= 15 is 0 Å². The first-order valence-electron chi connectivity index (χ1n) is 6.88. The van der Waals surface area contributed by atoms with Crippen molar-refractivity contribution in [3.05, 3.63) is 29.8 Å². The Hall–Kier alpha value is -1.65. The van der Waals surface area contributed by atoms with Crippen LogP contribution in [0.2, 0.25) is 0 Å². The van der Waals surface area contributed by atoms with Gasteiger partial charge in [0.15, 0.2) is 10.1 Å². The Morgan fingerprint density at radius 2 is 1.83 bits per heavy atom. The summed E-state index contributed by atoms with van der Waals surface area (Å²) in [6.45, 7) is 2.71. The molecule has 2 atom stereocenters. The first-order chi connectivity index (χ1) is 11.0. The highest BCUT2D eigenvalue weighted by Crippen LogP contribution is 2.28. The minimum atomic E-state index is -6.26. The van der Waals surface area contributed by atoms with Crippen molar-refractivity contribution in [2.24, 2.45) is 0 Å². The largest absolute Gasteiger partial charge is 0.743 e. The second kappa shape index (κ2) is 7.95. The van der Waals surface area contributed by atoms with Gasteiger partial charge >= 0.3 is 11.2 Å². The van der Waals surface area contributed by atoms with Crippen LogP contribution in [0.1, 0.15) is 31.7 Å². The molecule has 0 aliphatic carbocycles. The monoisotopic (exact) mass is 369 g/mol. The van der Waals surface area contributed by atoms with Crippen LogP contribution in [0, 0.1) is 0 Å². The lowest BCUT2D eigenvalue weighted by molar-refractivity contribution is -0.171. The average Bonchev–Trinajstić information content (AvgIpc) is 2.51. The third kappa shape index (κ3) is 5.18. The number of halogens is 3. The van der Waals surface area contributed by atoms with Crippen LogP contribution < -0.4 is 4.74 Å². The van der Waals surface area contributed by atoms with E-state index in [1.165, 1.54) is 12.1 Å². The third-order valence-corrected chi connectivity index (χ3v) is 4.09. The highest BCUT2D eigenvalue weighted by Gasteiger charge is 2.48. The quantitative estimate of drug-likeness (QED) is 0.397. The lowest BCUT2D eigenvalue weighted by Crippen LogP contribution is -2.41. The van der Waals surface area contributed by atoms with Crippen molar-refractivity contribution in [1.29, 1.82) is 0 Å². The van der Waals surface area contributed by atoms with Crippen LogP contribution in [0.15, 0.2) is 24.3 Å². The molecular formula is C14H16F3O6S-. The Bertz CT molecular complexity index is 660. The smallest absolute Gasteiger partial charge is 0.388 e. The Kier molecular flexibility index (Phi) is 6.76. The molecule has 6 nitrogen and oxygen atoms in total. The van der Waals surface area contributed by atoms with E-state index in [1.54, 1.807) is 12.1 Å². The number of alkyl halides is 3. The molecule has 1 rings (SSSR count). The topological polar surface area (TPSA) is 92.7 Å². The summed E-state index contributed by atoms with van der Waals surface area (Å²) in [5.41, 5.74) is 0.998. The molecule has 2 unspecified atom stereocenters. The van der Waals surface area contributed by atoms with Gasteiger partial charge in [0.05, 0.1) is 0 Å². The second-order valence-corrected chi connectivity index (χ2v) is 6.45. The highest BCUT2D eigenvalue weighted by molar-refractivity contribution is 7.86. The number of hydrogen-bond donors (Lipinski definition) is 0. The Labute approximate surface area is 137 Å². The first kappa shape index (κ1) is 20.4. The normalized spacial score (nSPS) is 14.9. The number of ether oxygens (including phenoxy) is 2. The molecule has 0 saturated heterocycles. The van der Waals surface area contributed by atoms with Crippen LogP contribution in [-0.4, -0.2) is 37.2 Å². The van der Waals surface area contributed by atoms with E-state index in [4.69, 9.17) is 4.74 Å². The zero-order chi connectivity index (χ0) is 18.5. The van der Waals surface area contributed by atoms with Gasteiger partial charge in [-0.2, -0.15) is 8.78 Å². The summed E-state index contributed by atoms with van der Waals surface area (Å²) < 4.78 is 77.7. The third-order valence-electron chi connectivity index (χ3n) is 3.24. The molecule has 0 saturated carbocycles. The Morgan fingerprint density at radius 1 is 1.29 bits per heavy atom. The number of carbonyl (C=O) groups is 1. The summed E-state index contributed by atoms with van der Waals surface area (Å²) in [5.74, 6) is -0.857. The van der Waals surface area contributed by atoms with Crippen LogP contribution in [0.4, 0.5) is 13.2 Å². The first-order valence-corrected chi connectivity index (χ1v) is 8.29. The van der Waals surface area contributed by atoms with E-state index in [0.717, 1.165) is 12.0 Å². The molecule has 1 aromatic carbocycles. The predicted molar refractivity (Wildman–Crippen MR) is 76.3 cm³/mol. The van der Waals surface area contributed by atoms with Gasteiger partial charge in [-0.3, -0.25) is 0 Å². The van der Waals surface area contributed by atoms with Crippen molar-refractivity contribution in [3.8, 4) is 5.75 Å². The summed E-state index contributed by atoms with van der Waals surface area (Å²) in [6.07, 6.45) is -2.87. The maximum Gasteiger partial charge on any atom is 0.388 e. The van der Waals surface area contributed by atoms with Crippen LogP contribution in [-0.2, 0) is 19.6 Å². The maximum absolute atomic E-state index is 13.0. The van der Waals surface area contributed by atoms with Gasteiger partial charge in [0, 0.05) is 0 Å².